The zero-order valence-electron chi connectivity index (χ0n) is 22.5. The number of ether oxygens (including phenoxy) is 3. The average Bonchev–Trinajstić information content (AvgIpc) is 2.88. The Balaban J connectivity index is 1.80. The van der Waals surface area contributed by atoms with Crippen molar-refractivity contribution in [2.75, 3.05) is 20.3 Å². The molecule has 4 rings (SSSR count). The molecule has 2 aromatic carbocycles. The number of phenols is 1. The normalized spacial score (nSPS) is 12.3. The van der Waals surface area contributed by atoms with Gasteiger partial charge in [-0.05, 0) is 56.5 Å². The highest BCUT2D eigenvalue weighted by molar-refractivity contribution is 5.95. The van der Waals surface area contributed by atoms with E-state index in [1.165, 1.54) is 60.7 Å². The number of nitrogens with zero attached hydrogens (tertiary/aromatic N) is 1. The fourth-order valence-corrected chi connectivity index (χ4v) is 5.50. The van der Waals surface area contributed by atoms with Gasteiger partial charge in [-0.2, -0.15) is 4.57 Å². The molecular formula is C31H42NO4+. The Bertz CT molecular complexity index is 1190. The van der Waals surface area contributed by atoms with Crippen LogP contribution in [-0.4, -0.2) is 25.4 Å². The van der Waals surface area contributed by atoms with Gasteiger partial charge in [0.1, 0.15) is 0 Å². The molecule has 1 aliphatic rings. The van der Waals surface area contributed by atoms with E-state index in [1.807, 2.05) is 32.0 Å². The number of fused-ring (bicyclic) bond motifs is 4. The Morgan fingerprint density at radius 1 is 0.861 bits per heavy atom. The molecule has 1 N–H and O–H groups in total. The van der Waals surface area contributed by atoms with Crippen molar-refractivity contribution in [2.24, 2.45) is 0 Å². The average molecular weight is 493 g/mol. The smallest absolute Gasteiger partial charge is 0.216 e. The molecule has 0 saturated carbocycles. The van der Waals surface area contributed by atoms with Crippen molar-refractivity contribution in [3.05, 3.63) is 41.6 Å². The van der Waals surface area contributed by atoms with E-state index < -0.39 is 0 Å². The maximum atomic E-state index is 10.8. The Morgan fingerprint density at radius 2 is 1.61 bits per heavy atom. The number of aromatic hydroxyl groups is 1. The number of rotatable bonds is 13. The minimum atomic E-state index is 0.204. The van der Waals surface area contributed by atoms with Crippen LogP contribution in [0.2, 0.25) is 0 Å². The quantitative estimate of drug-likeness (QED) is 0.203. The molecule has 194 valence electrons. The molecule has 0 fully saturated rings. The number of aryl methyl sites for hydroxylation is 3. The predicted octanol–water partition coefficient (Wildman–Crippen LogP) is 7.16. The maximum Gasteiger partial charge on any atom is 0.216 e. The van der Waals surface area contributed by atoms with Crippen LogP contribution in [0.1, 0.15) is 76.8 Å². The highest BCUT2D eigenvalue weighted by atomic mass is 16.5. The topological polar surface area (TPSA) is 51.8 Å². The van der Waals surface area contributed by atoms with Crippen LogP contribution in [0.15, 0.2) is 30.5 Å². The molecule has 5 heteroatoms. The van der Waals surface area contributed by atoms with Crippen molar-refractivity contribution in [3.63, 3.8) is 0 Å². The van der Waals surface area contributed by atoms with Crippen LogP contribution < -0.4 is 18.8 Å². The second-order valence-electron chi connectivity index (χ2n) is 9.67. The molecule has 5 nitrogen and oxygen atoms in total. The Hall–Kier alpha value is -2.95. The van der Waals surface area contributed by atoms with E-state index in [4.69, 9.17) is 14.2 Å². The molecule has 0 atom stereocenters. The lowest BCUT2D eigenvalue weighted by Gasteiger charge is -2.22. The van der Waals surface area contributed by atoms with Crippen molar-refractivity contribution in [3.8, 4) is 34.3 Å². The third kappa shape index (κ3) is 5.40. The van der Waals surface area contributed by atoms with Crippen molar-refractivity contribution >= 4 is 10.8 Å². The molecule has 0 amide bonds. The van der Waals surface area contributed by atoms with E-state index in [9.17, 15) is 5.11 Å². The number of hydrogen-bond acceptors (Lipinski definition) is 4. The molecular weight excluding hydrogens is 450 g/mol. The maximum absolute atomic E-state index is 10.8. The number of unbranched alkanes of at least 4 members (excludes halogenated alkanes) is 6. The lowest BCUT2D eigenvalue weighted by Crippen LogP contribution is -2.41. The number of benzene rings is 2. The summed E-state index contributed by atoms with van der Waals surface area (Å²) in [6.07, 6.45) is 13.0. The molecule has 0 saturated heterocycles. The molecule has 1 aromatic heterocycles. The fourth-order valence-electron chi connectivity index (χ4n) is 5.50. The number of phenolic OH excluding ortho intramolecular Hbond substituents is 1. The molecule has 1 aliphatic heterocycles. The third-order valence-corrected chi connectivity index (χ3v) is 7.24. The molecule has 36 heavy (non-hydrogen) atoms. The SMILES string of the molecule is CCCCCCCCCc1c2[n+](cc3c(OCC)c(OC)ccc13)CCc1cc(OCC)c(O)cc1-2. The molecule has 0 spiro atoms. The first-order valence-corrected chi connectivity index (χ1v) is 13.8. The number of pyridine rings is 1. The van der Waals surface area contributed by atoms with Crippen LogP contribution in [0.3, 0.4) is 0 Å². The van der Waals surface area contributed by atoms with E-state index in [0.29, 0.717) is 19.0 Å². The zero-order chi connectivity index (χ0) is 25.5. The highest BCUT2D eigenvalue weighted by Gasteiger charge is 2.31. The van der Waals surface area contributed by atoms with Crippen molar-refractivity contribution < 1.29 is 23.9 Å². The van der Waals surface area contributed by atoms with Gasteiger partial charge in [0.2, 0.25) is 5.69 Å². The van der Waals surface area contributed by atoms with E-state index in [-0.39, 0.29) is 5.75 Å². The van der Waals surface area contributed by atoms with E-state index in [1.54, 1.807) is 7.11 Å². The van der Waals surface area contributed by atoms with Gasteiger partial charge in [-0.1, -0.05) is 45.4 Å². The minimum absolute atomic E-state index is 0.204. The minimum Gasteiger partial charge on any atom is -0.504 e. The summed E-state index contributed by atoms with van der Waals surface area (Å²) in [5.74, 6) is 2.36. The molecule has 0 unspecified atom stereocenters. The van der Waals surface area contributed by atoms with Crippen molar-refractivity contribution in [2.45, 2.75) is 85.1 Å². The van der Waals surface area contributed by atoms with E-state index in [0.717, 1.165) is 48.3 Å². The summed E-state index contributed by atoms with van der Waals surface area (Å²) in [5, 5.41) is 13.1. The monoisotopic (exact) mass is 492 g/mol. The molecule has 0 radical (unpaired) electrons. The van der Waals surface area contributed by atoms with Crippen LogP contribution in [0.4, 0.5) is 0 Å². The fraction of sp³-hybridized carbons (Fsp3) is 0.516. The van der Waals surface area contributed by atoms with Gasteiger partial charge in [-0.25, -0.2) is 0 Å². The summed E-state index contributed by atoms with van der Waals surface area (Å²) in [6, 6.07) is 8.13. The summed E-state index contributed by atoms with van der Waals surface area (Å²) < 4.78 is 19.8. The first-order chi connectivity index (χ1) is 17.6. The molecule has 0 aliphatic carbocycles. The van der Waals surface area contributed by atoms with Gasteiger partial charge in [0, 0.05) is 17.4 Å². The van der Waals surface area contributed by atoms with Gasteiger partial charge in [-0.3, -0.25) is 0 Å². The summed E-state index contributed by atoms with van der Waals surface area (Å²) in [7, 11) is 1.70. The van der Waals surface area contributed by atoms with Gasteiger partial charge in [0.05, 0.1) is 31.3 Å². The zero-order valence-corrected chi connectivity index (χ0v) is 22.5. The van der Waals surface area contributed by atoms with Crippen LogP contribution in [-0.2, 0) is 19.4 Å². The Kier molecular flexibility index (Phi) is 8.95. The first-order valence-electron chi connectivity index (χ1n) is 13.8. The van der Waals surface area contributed by atoms with Crippen LogP contribution >= 0.6 is 0 Å². The Labute approximate surface area is 216 Å². The van der Waals surface area contributed by atoms with Crippen LogP contribution in [0.25, 0.3) is 22.0 Å². The summed E-state index contributed by atoms with van der Waals surface area (Å²) in [5.41, 5.74) is 4.88. The van der Waals surface area contributed by atoms with Gasteiger partial charge >= 0.3 is 0 Å². The largest absolute Gasteiger partial charge is 0.504 e. The second-order valence-corrected chi connectivity index (χ2v) is 9.67. The number of methoxy groups -OCH3 is 1. The van der Waals surface area contributed by atoms with Gasteiger partial charge in [0.25, 0.3) is 0 Å². The summed E-state index contributed by atoms with van der Waals surface area (Å²) in [4.78, 5) is 0. The van der Waals surface area contributed by atoms with Gasteiger partial charge < -0.3 is 19.3 Å². The van der Waals surface area contributed by atoms with Gasteiger partial charge in [-0.15, -0.1) is 0 Å². The highest BCUT2D eigenvalue weighted by Crippen LogP contribution is 2.42. The first kappa shape index (κ1) is 26.1. The molecule has 0 bridgehead atoms. The van der Waals surface area contributed by atoms with Crippen molar-refractivity contribution in [1.29, 1.82) is 0 Å². The third-order valence-electron chi connectivity index (χ3n) is 7.24. The van der Waals surface area contributed by atoms with Crippen molar-refractivity contribution in [1.82, 2.24) is 0 Å². The standard InChI is InChI=1S/C31H41NO4/c1-5-8-9-10-11-12-13-14-24-23-15-16-28(34-4)31(36-7-3)26(23)21-32-18-17-22-19-29(35-6-2)27(33)20-25(22)30(24)32/h15-16,19-21H,5-14,17-18H2,1-4H3/p+1. The van der Waals surface area contributed by atoms with E-state index >= 15 is 0 Å². The van der Waals surface area contributed by atoms with Crippen LogP contribution in [0, 0.1) is 0 Å². The molecule has 2 heterocycles. The predicted molar refractivity (Wildman–Crippen MR) is 146 cm³/mol. The van der Waals surface area contributed by atoms with E-state index in [2.05, 4.69) is 23.8 Å². The summed E-state index contributed by atoms with van der Waals surface area (Å²) in [6.45, 7) is 8.22. The van der Waals surface area contributed by atoms with Gasteiger partial charge in [0.15, 0.2) is 35.7 Å². The molecule has 3 aromatic rings. The second kappa shape index (κ2) is 12.3. The number of hydrogen-bond donors (Lipinski definition) is 1. The van der Waals surface area contributed by atoms with Crippen LogP contribution in [0.5, 0.6) is 23.0 Å². The lowest BCUT2D eigenvalue weighted by molar-refractivity contribution is -0.686. The summed E-state index contributed by atoms with van der Waals surface area (Å²) >= 11 is 0. The Morgan fingerprint density at radius 3 is 2.33 bits per heavy atom. The number of aromatic nitrogens is 1. The lowest BCUT2D eigenvalue weighted by atomic mass is 9.89.